The van der Waals surface area contributed by atoms with Crippen molar-refractivity contribution < 1.29 is 38.2 Å². The normalized spacial score (nSPS) is 17.9. The molecular weight excluding hydrogens is 781 g/mol. The van der Waals surface area contributed by atoms with Gasteiger partial charge >= 0.3 is 18.0 Å². The van der Waals surface area contributed by atoms with E-state index in [-0.39, 0.29) is 36.4 Å². The van der Waals surface area contributed by atoms with Crippen molar-refractivity contribution in [3.8, 4) is 0 Å². The van der Waals surface area contributed by atoms with Crippen molar-refractivity contribution in [3.05, 3.63) is 33.4 Å². The molecule has 4 amide bonds. The molecule has 14 heteroatoms. The van der Waals surface area contributed by atoms with Crippen molar-refractivity contribution in [2.24, 2.45) is 17.6 Å². The fourth-order valence-electron chi connectivity index (χ4n) is 5.86. The highest BCUT2D eigenvalue weighted by atomic mass is 127. The van der Waals surface area contributed by atoms with Gasteiger partial charge in [0.25, 0.3) is 0 Å². The van der Waals surface area contributed by atoms with Crippen molar-refractivity contribution >= 4 is 58.2 Å². The number of Topliss-reactive ketones (excluding diaryl/α,β-unsaturated/α-hetero) is 1. The molecule has 6 N–H and O–H groups in total. The molecular formula is C38H60IN5O8. The molecule has 0 aromatic heterocycles. The fraction of sp³-hybridized carbons (Fsp3) is 0.684. The van der Waals surface area contributed by atoms with Crippen molar-refractivity contribution in [1.82, 2.24) is 21.3 Å². The van der Waals surface area contributed by atoms with E-state index in [1.807, 2.05) is 24.3 Å². The lowest BCUT2D eigenvalue weighted by atomic mass is 9.81. The summed E-state index contributed by atoms with van der Waals surface area (Å²) in [6.45, 7) is 12.6. The number of hydrogen-bond donors (Lipinski definition) is 5. The Balaban J connectivity index is 1.95. The van der Waals surface area contributed by atoms with E-state index in [4.69, 9.17) is 15.2 Å². The van der Waals surface area contributed by atoms with Crippen LogP contribution in [0.25, 0.3) is 0 Å². The Kier molecular flexibility index (Phi) is 18.5. The third-order valence-electron chi connectivity index (χ3n) is 8.63. The number of nitrogens with two attached hydrogens (primary N) is 1. The number of ether oxygens (including phenoxy) is 2. The number of carbonyl (C=O) groups is 6. The molecule has 292 valence electrons. The van der Waals surface area contributed by atoms with Crippen molar-refractivity contribution in [1.29, 1.82) is 0 Å². The molecule has 0 saturated heterocycles. The Labute approximate surface area is 322 Å². The standard InChI is InChI=1S/C38H60IN5O8/c1-24(45)29(43-36(50)44-30(35(49)52-38(5,6)7)19-20-32(46)51-37(2,3)4)14-10-11-21-41-34(48)31(22-27-12-8-9-13-28(27)39)42-33(47)26-17-15-25(23-40)16-18-26/h8-9,12-13,25-26,29-31H,10-11,14-23,40H2,1-7H3,(H,41,48)(H,42,47)(H2,43,44,50)/t25?,26?,29-,30-,31-/m0/s1. The third kappa shape index (κ3) is 17.5. The minimum Gasteiger partial charge on any atom is -0.460 e. The van der Waals surface area contributed by atoms with Gasteiger partial charge in [0.05, 0.1) is 6.04 Å². The maximum absolute atomic E-state index is 13.4. The minimum absolute atomic E-state index is 0.0536. The van der Waals surface area contributed by atoms with Crippen LogP contribution in [-0.4, -0.2) is 78.0 Å². The number of unbranched alkanes of at least 4 members (excludes halogenated alkanes) is 1. The first kappa shape index (κ1) is 44.9. The van der Waals surface area contributed by atoms with E-state index in [0.717, 1.165) is 34.8 Å². The number of esters is 2. The quantitative estimate of drug-likeness (QED) is 0.0806. The van der Waals surface area contributed by atoms with Gasteiger partial charge in [-0.2, -0.15) is 0 Å². The van der Waals surface area contributed by atoms with Gasteiger partial charge in [-0.05, 0) is 147 Å². The van der Waals surface area contributed by atoms with Gasteiger partial charge in [-0.3, -0.25) is 19.2 Å². The summed E-state index contributed by atoms with van der Waals surface area (Å²) in [5.41, 5.74) is 5.25. The van der Waals surface area contributed by atoms with E-state index < -0.39 is 47.3 Å². The van der Waals surface area contributed by atoms with Gasteiger partial charge in [-0.25, -0.2) is 9.59 Å². The van der Waals surface area contributed by atoms with Crippen LogP contribution in [-0.2, 0) is 39.9 Å². The summed E-state index contributed by atoms with van der Waals surface area (Å²) in [6, 6.07) is 4.24. The molecule has 13 nitrogen and oxygen atoms in total. The number of amides is 4. The SMILES string of the molecule is CC(=O)[C@H](CCCCNC(=O)[C@H](Cc1ccccc1I)NC(=O)C1CCC(CN)CC1)NC(=O)N[C@@H](CCC(=O)OC(C)(C)C)C(=O)OC(C)(C)C. The zero-order chi connectivity index (χ0) is 39.1. The molecule has 0 unspecified atom stereocenters. The number of halogens is 1. The lowest BCUT2D eigenvalue weighted by Crippen LogP contribution is -2.52. The van der Waals surface area contributed by atoms with Crippen LogP contribution < -0.4 is 27.0 Å². The molecule has 0 aliphatic heterocycles. The maximum Gasteiger partial charge on any atom is 0.329 e. The number of benzene rings is 1. The van der Waals surface area contributed by atoms with Crippen LogP contribution in [0.3, 0.4) is 0 Å². The number of urea groups is 1. The molecule has 3 atom stereocenters. The summed E-state index contributed by atoms with van der Waals surface area (Å²) in [4.78, 5) is 77.3. The van der Waals surface area contributed by atoms with Crippen LogP contribution in [0.15, 0.2) is 24.3 Å². The summed E-state index contributed by atoms with van der Waals surface area (Å²) in [7, 11) is 0. The van der Waals surface area contributed by atoms with Crippen molar-refractivity contribution in [3.63, 3.8) is 0 Å². The first-order chi connectivity index (χ1) is 24.3. The molecule has 1 aromatic rings. The number of hydrogen-bond acceptors (Lipinski definition) is 9. The molecule has 52 heavy (non-hydrogen) atoms. The van der Waals surface area contributed by atoms with Crippen LogP contribution in [0.5, 0.6) is 0 Å². The first-order valence-corrected chi connectivity index (χ1v) is 19.4. The highest BCUT2D eigenvalue weighted by Gasteiger charge is 2.31. The molecule has 0 bridgehead atoms. The number of carbonyl (C=O) groups excluding carboxylic acids is 6. The van der Waals surface area contributed by atoms with Crippen LogP contribution in [0, 0.1) is 15.4 Å². The van der Waals surface area contributed by atoms with E-state index in [0.29, 0.717) is 44.7 Å². The topological polar surface area (TPSA) is 195 Å². The van der Waals surface area contributed by atoms with Gasteiger partial charge < -0.3 is 36.5 Å². The van der Waals surface area contributed by atoms with Gasteiger partial charge in [0, 0.05) is 28.9 Å². The van der Waals surface area contributed by atoms with Gasteiger partial charge in [-0.15, -0.1) is 0 Å². The molecule has 0 spiro atoms. The summed E-state index contributed by atoms with van der Waals surface area (Å²) in [5, 5.41) is 11.1. The highest BCUT2D eigenvalue weighted by Crippen LogP contribution is 2.28. The molecule has 1 aromatic carbocycles. The van der Waals surface area contributed by atoms with Gasteiger partial charge in [0.15, 0.2) is 5.78 Å². The number of nitrogens with one attached hydrogen (secondary N) is 4. The predicted octanol–water partition coefficient (Wildman–Crippen LogP) is 4.46. The van der Waals surface area contributed by atoms with Crippen molar-refractivity contribution in [2.75, 3.05) is 13.1 Å². The second kappa shape index (κ2) is 21.4. The van der Waals surface area contributed by atoms with E-state index in [1.54, 1.807) is 41.5 Å². The summed E-state index contributed by atoms with van der Waals surface area (Å²) < 4.78 is 11.8. The van der Waals surface area contributed by atoms with E-state index in [1.165, 1.54) is 6.92 Å². The lowest BCUT2D eigenvalue weighted by molar-refractivity contribution is -0.158. The Morgan fingerprint density at radius 1 is 0.827 bits per heavy atom. The smallest absolute Gasteiger partial charge is 0.329 e. The third-order valence-corrected chi connectivity index (χ3v) is 9.69. The molecule has 0 heterocycles. The second-order valence-corrected chi connectivity index (χ2v) is 16.8. The van der Waals surface area contributed by atoms with Gasteiger partial charge in [-0.1, -0.05) is 18.2 Å². The number of rotatable bonds is 18. The second-order valence-electron chi connectivity index (χ2n) is 15.6. The Bertz CT molecular complexity index is 1370. The van der Waals surface area contributed by atoms with Crippen LogP contribution in [0.2, 0.25) is 0 Å². The average Bonchev–Trinajstić information content (AvgIpc) is 3.04. The molecule has 2 rings (SSSR count). The van der Waals surface area contributed by atoms with E-state index >= 15 is 0 Å². The lowest BCUT2D eigenvalue weighted by Gasteiger charge is -2.28. The molecule has 1 aliphatic rings. The molecule has 1 fully saturated rings. The van der Waals surface area contributed by atoms with E-state index in [2.05, 4.69) is 43.9 Å². The summed E-state index contributed by atoms with van der Waals surface area (Å²) >= 11 is 2.22. The Hall–Kier alpha value is -3.27. The summed E-state index contributed by atoms with van der Waals surface area (Å²) in [5.74, 6) is -1.63. The minimum atomic E-state index is -1.15. The average molecular weight is 842 g/mol. The molecule has 1 aliphatic carbocycles. The van der Waals surface area contributed by atoms with Gasteiger partial charge in [0.1, 0.15) is 23.3 Å². The number of ketones is 1. The molecule has 1 saturated carbocycles. The fourth-order valence-corrected chi connectivity index (χ4v) is 6.47. The van der Waals surface area contributed by atoms with Crippen molar-refractivity contribution in [2.45, 2.75) is 142 Å². The molecule has 0 radical (unpaired) electrons. The van der Waals surface area contributed by atoms with Crippen LogP contribution in [0.4, 0.5) is 4.79 Å². The zero-order valence-corrected chi connectivity index (χ0v) is 34.1. The van der Waals surface area contributed by atoms with Gasteiger partial charge in [0.2, 0.25) is 11.8 Å². The van der Waals surface area contributed by atoms with Crippen LogP contribution >= 0.6 is 22.6 Å². The maximum atomic E-state index is 13.4. The zero-order valence-electron chi connectivity index (χ0n) is 31.9. The summed E-state index contributed by atoms with van der Waals surface area (Å²) in [6.07, 6.45) is 4.78. The predicted molar refractivity (Wildman–Crippen MR) is 207 cm³/mol. The highest BCUT2D eigenvalue weighted by molar-refractivity contribution is 14.1. The van der Waals surface area contributed by atoms with Crippen LogP contribution in [0.1, 0.15) is 112 Å². The first-order valence-electron chi connectivity index (χ1n) is 18.3. The van der Waals surface area contributed by atoms with E-state index in [9.17, 15) is 28.8 Å². The Morgan fingerprint density at radius 2 is 1.44 bits per heavy atom. The monoisotopic (exact) mass is 841 g/mol. The Morgan fingerprint density at radius 3 is 2.02 bits per heavy atom. The largest absolute Gasteiger partial charge is 0.460 e.